The maximum absolute atomic E-state index is 14.4. The van der Waals surface area contributed by atoms with E-state index in [1.54, 1.807) is 41.1 Å². The second-order valence-electron chi connectivity index (χ2n) is 20.0. The zero-order valence-corrected chi connectivity index (χ0v) is 40.0. The number of cyclic esters (lactones) is 1. The molecule has 13 heteroatoms. The largest absolute Gasteiger partial charge is 0.461 e. The Morgan fingerprint density at radius 1 is 0.906 bits per heavy atom. The number of ketones is 2. The highest BCUT2D eigenvalue weighted by Gasteiger charge is 2.53. The van der Waals surface area contributed by atoms with Crippen LogP contribution in [-0.2, 0) is 42.9 Å². The van der Waals surface area contributed by atoms with Crippen LogP contribution in [0, 0.1) is 35.0 Å². The van der Waals surface area contributed by atoms with E-state index in [-0.39, 0.29) is 67.8 Å². The van der Waals surface area contributed by atoms with Crippen molar-refractivity contribution in [3.05, 3.63) is 47.6 Å². The molecule has 0 radical (unpaired) electrons. The van der Waals surface area contributed by atoms with Crippen molar-refractivity contribution in [3.8, 4) is 0 Å². The van der Waals surface area contributed by atoms with E-state index in [0.29, 0.717) is 63.4 Å². The molecule has 0 aromatic heterocycles. The first-order valence-electron chi connectivity index (χ1n) is 23.8. The van der Waals surface area contributed by atoms with Crippen LogP contribution in [0.15, 0.2) is 47.6 Å². The number of Topliss-reactive ketones (excluding diaryl/α,β-unsaturated/α-hetero) is 2. The molecular weight excluding hydrogens is 819 g/mol. The van der Waals surface area contributed by atoms with E-state index >= 15 is 0 Å². The van der Waals surface area contributed by atoms with Crippen LogP contribution < -0.4 is 0 Å². The number of hydrogen-bond donors (Lipinski definition) is 3. The third-order valence-electron chi connectivity index (χ3n) is 14.5. The Labute approximate surface area is 382 Å². The zero-order chi connectivity index (χ0) is 47.4. The minimum Gasteiger partial charge on any atom is -0.461 e. The molecule has 0 unspecified atom stereocenters. The number of esters is 1. The molecule has 0 spiro atoms. The molecule has 3 N–H and O–H groups in total. The fraction of sp³-hybridized carbons (Fsp3) is 0.745. The third kappa shape index (κ3) is 14.3. The molecule has 3 fully saturated rings. The molecule has 1 aliphatic carbocycles. The summed E-state index contributed by atoms with van der Waals surface area (Å²) in [6, 6.07) is -1.08. The molecule has 360 valence electrons. The monoisotopic (exact) mass is 898 g/mol. The van der Waals surface area contributed by atoms with Crippen molar-refractivity contribution >= 4 is 29.7 Å². The van der Waals surface area contributed by atoms with Crippen LogP contribution in [0.3, 0.4) is 0 Å². The maximum atomic E-state index is 14.4. The summed E-state index contributed by atoms with van der Waals surface area (Å²) in [5.74, 6) is -6.19. The highest BCUT2D eigenvalue weighted by molar-refractivity contribution is 6.39. The van der Waals surface area contributed by atoms with E-state index in [9.17, 15) is 39.3 Å². The zero-order valence-electron chi connectivity index (χ0n) is 40.0. The van der Waals surface area contributed by atoms with Gasteiger partial charge in [-0.3, -0.25) is 14.4 Å². The van der Waals surface area contributed by atoms with Gasteiger partial charge in [0.15, 0.2) is 0 Å². The molecule has 2 saturated heterocycles. The van der Waals surface area contributed by atoms with Crippen molar-refractivity contribution in [2.45, 2.75) is 187 Å². The summed E-state index contributed by atoms with van der Waals surface area (Å²) in [5, 5.41) is 33.6. The Hall–Kier alpha value is -3.33. The van der Waals surface area contributed by atoms with Crippen molar-refractivity contribution in [3.63, 3.8) is 0 Å². The molecule has 0 aromatic rings. The van der Waals surface area contributed by atoms with Crippen LogP contribution in [-0.4, -0.2) is 119 Å². The van der Waals surface area contributed by atoms with Gasteiger partial charge in [-0.1, -0.05) is 64.2 Å². The topological polar surface area (TPSA) is 186 Å². The fourth-order valence-electron chi connectivity index (χ4n) is 10.1. The molecule has 3 aliphatic heterocycles. The average Bonchev–Trinajstić information content (AvgIpc) is 3.27. The predicted octanol–water partition coefficient (Wildman–Crippen LogP) is 6.95. The number of aldehydes is 1. The van der Waals surface area contributed by atoms with Crippen LogP contribution in [0.25, 0.3) is 0 Å². The first-order chi connectivity index (χ1) is 30.2. The van der Waals surface area contributed by atoms with Crippen molar-refractivity contribution in [1.82, 2.24) is 4.90 Å². The molecule has 3 heterocycles. The van der Waals surface area contributed by atoms with Gasteiger partial charge in [-0.05, 0) is 127 Å². The van der Waals surface area contributed by atoms with E-state index in [1.165, 1.54) is 4.90 Å². The second-order valence-corrected chi connectivity index (χ2v) is 20.0. The number of methoxy groups -OCH3 is 2. The Kier molecular flexibility index (Phi) is 20.4. The number of aliphatic hydroxyl groups is 3. The van der Waals surface area contributed by atoms with Gasteiger partial charge in [-0.2, -0.15) is 0 Å². The molecule has 64 heavy (non-hydrogen) atoms. The molecular formula is C51H79NO12. The molecule has 14 atom stereocenters. The first kappa shape index (κ1) is 53.3. The molecule has 2 bridgehead atoms. The van der Waals surface area contributed by atoms with E-state index in [1.807, 2.05) is 58.1 Å². The fourth-order valence-corrected chi connectivity index (χ4v) is 10.1. The molecule has 1 amide bonds. The lowest BCUT2D eigenvalue weighted by Gasteiger charge is -2.42. The summed E-state index contributed by atoms with van der Waals surface area (Å²) in [6.07, 6.45) is 14.9. The number of rotatable bonds is 6. The van der Waals surface area contributed by atoms with E-state index in [2.05, 4.69) is 0 Å². The Morgan fingerprint density at radius 2 is 1.64 bits per heavy atom. The van der Waals surface area contributed by atoms with Crippen LogP contribution in [0.4, 0.5) is 0 Å². The van der Waals surface area contributed by atoms with Gasteiger partial charge in [-0.25, -0.2) is 4.79 Å². The van der Waals surface area contributed by atoms with E-state index < -0.39 is 71.3 Å². The molecule has 13 nitrogen and oxygen atoms in total. The highest BCUT2D eigenvalue weighted by atomic mass is 16.6. The summed E-state index contributed by atoms with van der Waals surface area (Å²) >= 11 is 0. The van der Waals surface area contributed by atoms with E-state index in [0.717, 1.165) is 18.3 Å². The lowest BCUT2D eigenvalue weighted by molar-refractivity contribution is -0.265. The molecule has 1 saturated carbocycles. The summed E-state index contributed by atoms with van der Waals surface area (Å²) in [7, 11) is 3.17. The average molecular weight is 898 g/mol. The maximum Gasteiger partial charge on any atom is 0.329 e. The number of hydrogen-bond acceptors (Lipinski definition) is 12. The number of piperidine rings is 1. The van der Waals surface area contributed by atoms with Crippen LogP contribution in [0.2, 0.25) is 0 Å². The quantitative estimate of drug-likeness (QED) is 0.108. The highest BCUT2D eigenvalue weighted by Crippen LogP contribution is 2.38. The number of allylic oxidation sites excluding steroid dienone is 6. The van der Waals surface area contributed by atoms with Gasteiger partial charge >= 0.3 is 5.97 Å². The number of ether oxygens (including phenoxy) is 4. The van der Waals surface area contributed by atoms with Crippen molar-refractivity contribution < 1.29 is 58.2 Å². The van der Waals surface area contributed by atoms with Crippen molar-refractivity contribution in [2.75, 3.05) is 20.8 Å². The number of aliphatic hydroxyl groups excluding tert-OH is 2. The smallest absolute Gasteiger partial charge is 0.329 e. The van der Waals surface area contributed by atoms with Crippen LogP contribution in [0.5, 0.6) is 0 Å². The van der Waals surface area contributed by atoms with Gasteiger partial charge < -0.3 is 44.0 Å². The van der Waals surface area contributed by atoms with Crippen LogP contribution in [0.1, 0.15) is 138 Å². The lowest BCUT2D eigenvalue weighted by atomic mass is 9.77. The molecule has 4 rings (SSSR count). The van der Waals surface area contributed by atoms with Gasteiger partial charge in [0, 0.05) is 50.9 Å². The number of carbonyl (C=O) groups is 5. The van der Waals surface area contributed by atoms with Crippen molar-refractivity contribution in [1.29, 1.82) is 0 Å². The van der Waals surface area contributed by atoms with Gasteiger partial charge in [0.2, 0.25) is 5.79 Å². The standard InChI is InChI=1S/C51H79NO12/c1-32-15-11-10-12-16-33(2)45(61-8)28-39-20-18-37(6)51(60,64-39)47(57)48(58)52-24-14-13-17-40(52)49(59)63-44(35(4)26-38-19-21-41(54)46(27-38)62-9)22-23-50(7,31-53)30-36(5)43(56)29-42(55)34(3)25-32/h10-12,15-16,30-32,34-35,37-41,43-46,54,56,60H,13-14,17-29H2,1-9H3/b12-10?,15-11+,33-16?,36-30+/t32-,34-,35-,37-,38+,39+,40+,41-,43+,44+,45+,46-,50-,51-/m1/s1. The number of nitrogens with zero attached hydrogens (tertiary/aromatic N) is 1. The Bertz CT molecular complexity index is 1720. The molecule has 0 aromatic carbocycles. The number of amides is 1. The van der Waals surface area contributed by atoms with Gasteiger partial charge in [0.05, 0.1) is 30.5 Å². The van der Waals surface area contributed by atoms with Gasteiger partial charge in [0.25, 0.3) is 11.7 Å². The third-order valence-corrected chi connectivity index (χ3v) is 14.5. The number of fused-ring (bicyclic) bond motifs is 3. The normalized spacial score (nSPS) is 39.4. The second kappa shape index (κ2) is 24.4. The summed E-state index contributed by atoms with van der Waals surface area (Å²) in [4.78, 5) is 70.2. The van der Waals surface area contributed by atoms with Gasteiger partial charge in [0.1, 0.15) is 24.2 Å². The predicted molar refractivity (Wildman–Crippen MR) is 244 cm³/mol. The summed E-state index contributed by atoms with van der Waals surface area (Å²) < 4.78 is 23.9. The van der Waals surface area contributed by atoms with Gasteiger partial charge in [-0.15, -0.1) is 0 Å². The Balaban J connectivity index is 1.69. The summed E-state index contributed by atoms with van der Waals surface area (Å²) in [5.41, 5.74) is 0.316. The minimum absolute atomic E-state index is 0.0736. The molecule has 4 aliphatic rings. The SMILES string of the molecule is CO[C@H]1C[C@@H]2CC[C@@H](C)[C@@](O)(O2)C(=O)C(=O)N2CCCC[C@H]2C(=O)O[C@H]([C@H](C)C[C@@H]2CC[C@@H](O)[C@H](OC)C2)CC[C@@](C)(C=O)/C=C(\C)[C@@H](O)CC(=O)[C@H](C)C[C@H](C)/C=C/C=CC=C1C. The van der Waals surface area contributed by atoms with Crippen LogP contribution >= 0.6 is 0 Å². The van der Waals surface area contributed by atoms with E-state index in [4.69, 9.17) is 18.9 Å². The Morgan fingerprint density at radius 3 is 2.33 bits per heavy atom. The number of carbonyl (C=O) groups excluding carboxylic acids is 5. The first-order valence-corrected chi connectivity index (χ1v) is 23.8. The summed E-state index contributed by atoms with van der Waals surface area (Å²) in [6.45, 7) is 13.1. The minimum atomic E-state index is -2.41. The lowest BCUT2D eigenvalue weighted by Crippen LogP contribution is -2.61. The van der Waals surface area contributed by atoms with Crippen molar-refractivity contribution in [2.24, 2.45) is 35.0 Å².